The maximum absolute atomic E-state index is 7.39. The van der Waals surface area contributed by atoms with E-state index in [1.165, 1.54) is 25.7 Å². The molecule has 0 atom stereocenters. The normalized spacial score (nSPS) is 16.6. The Morgan fingerprint density at radius 3 is 2.75 bits per heavy atom. The van der Waals surface area contributed by atoms with E-state index >= 15 is 0 Å². The van der Waals surface area contributed by atoms with Crippen molar-refractivity contribution in [2.45, 2.75) is 43.0 Å². The SMILES string of the molecule is Cc1cc(C(=N)N)nc(SC2CCCC2)n1. The van der Waals surface area contributed by atoms with E-state index in [2.05, 4.69) is 9.97 Å². The van der Waals surface area contributed by atoms with Gasteiger partial charge in [0.25, 0.3) is 0 Å². The molecule has 2 rings (SSSR count). The second-order valence-electron chi connectivity index (χ2n) is 4.12. The summed E-state index contributed by atoms with van der Waals surface area (Å²) in [6.45, 7) is 1.91. The lowest BCUT2D eigenvalue weighted by atomic mass is 10.3. The van der Waals surface area contributed by atoms with Crippen molar-refractivity contribution < 1.29 is 0 Å². The molecule has 4 nitrogen and oxygen atoms in total. The minimum absolute atomic E-state index is 0.0128. The molecular weight excluding hydrogens is 220 g/mol. The average Bonchev–Trinajstić information content (AvgIpc) is 2.69. The molecule has 0 aromatic carbocycles. The molecule has 16 heavy (non-hydrogen) atoms. The number of thioether (sulfide) groups is 1. The zero-order chi connectivity index (χ0) is 11.5. The third kappa shape index (κ3) is 2.72. The molecule has 0 unspecified atom stereocenters. The standard InChI is InChI=1S/C11H16N4S/c1-7-6-9(10(12)13)15-11(14-7)16-8-4-2-3-5-8/h6,8H,2-5H2,1H3,(H3,12,13). The van der Waals surface area contributed by atoms with E-state index in [9.17, 15) is 0 Å². The largest absolute Gasteiger partial charge is 0.382 e. The minimum Gasteiger partial charge on any atom is -0.382 e. The summed E-state index contributed by atoms with van der Waals surface area (Å²) >= 11 is 1.72. The maximum atomic E-state index is 7.39. The number of nitrogens with zero attached hydrogens (tertiary/aromatic N) is 2. The highest BCUT2D eigenvalue weighted by molar-refractivity contribution is 7.99. The molecule has 1 heterocycles. The van der Waals surface area contributed by atoms with E-state index in [1.54, 1.807) is 17.8 Å². The topological polar surface area (TPSA) is 75.7 Å². The molecular formula is C11H16N4S. The van der Waals surface area contributed by atoms with Crippen molar-refractivity contribution in [3.05, 3.63) is 17.5 Å². The first-order valence-electron chi connectivity index (χ1n) is 5.52. The van der Waals surface area contributed by atoms with E-state index in [0.717, 1.165) is 10.9 Å². The minimum atomic E-state index is 0.0128. The van der Waals surface area contributed by atoms with Crippen molar-refractivity contribution in [3.8, 4) is 0 Å². The smallest absolute Gasteiger partial charge is 0.188 e. The number of nitrogen functional groups attached to an aromatic ring is 1. The number of aryl methyl sites for hydroxylation is 1. The summed E-state index contributed by atoms with van der Waals surface area (Å²) in [5.74, 6) is 0.0128. The predicted octanol–water partition coefficient (Wildman–Crippen LogP) is 2.10. The zero-order valence-electron chi connectivity index (χ0n) is 9.36. The molecule has 1 aliphatic rings. The Labute approximate surface area is 99.6 Å². The molecule has 0 spiro atoms. The van der Waals surface area contributed by atoms with Crippen LogP contribution in [-0.2, 0) is 0 Å². The Morgan fingerprint density at radius 1 is 1.44 bits per heavy atom. The molecule has 1 aromatic rings. The summed E-state index contributed by atoms with van der Waals surface area (Å²) < 4.78 is 0. The monoisotopic (exact) mass is 236 g/mol. The Kier molecular flexibility index (Phi) is 3.43. The van der Waals surface area contributed by atoms with Crippen molar-refractivity contribution >= 4 is 17.6 Å². The summed E-state index contributed by atoms with van der Waals surface area (Å²) in [7, 11) is 0. The van der Waals surface area contributed by atoms with Gasteiger partial charge in [0.1, 0.15) is 11.5 Å². The van der Waals surface area contributed by atoms with Gasteiger partial charge in [-0.15, -0.1) is 0 Å². The second kappa shape index (κ2) is 4.82. The molecule has 0 aliphatic heterocycles. The van der Waals surface area contributed by atoms with Gasteiger partial charge < -0.3 is 5.73 Å². The summed E-state index contributed by atoms with van der Waals surface area (Å²) in [4.78, 5) is 8.68. The Morgan fingerprint density at radius 2 is 2.12 bits per heavy atom. The van der Waals surface area contributed by atoms with Crippen LogP contribution in [0.5, 0.6) is 0 Å². The molecule has 1 saturated carbocycles. The fraction of sp³-hybridized carbons (Fsp3) is 0.545. The van der Waals surface area contributed by atoms with Gasteiger partial charge in [-0.2, -0.15) is 0 Å². The van der Waals surface area contributed by atoms with Crippen LogP contribution in [0.2, 0.25) is 0 Å². The average molecular weight is 236 g/mol. The first-order valence-corrected chi connectivity index (χ1v) is 6.40. The van der Waals surface area contributed by atoms with Crippen LogP contribution in [0.25, 0.3) is 0 Å². The number of rotatable bonds is 3. The molecule has 0 amide bonds. The molecule has 86 valence electrons. The molecule has 0 radical (unpaired) electrons. The number of nitrogens with one attached hydrogen (secondary N) is 1. The fourth-order valence-electron chi connectivity index (χ4n) is 1.89. The van der Waals surface area contributed by atoms with Crippen LogP contribution in [0, 0.1) is 12.3 Å². The van der Waals surface area contributed by atoms with E-state index < -0.39 is 0 Å². The number of hydrogen-bond donors (Lipinski definition) is 2. The highest BCUT2D eigenvalue weighted by Crippen LogP contribution is 2.32. The molecule has 0 bridgehead atoms. The highest BCUT2D eigenvalue weighted by Gasteiger charge is 2.18. The molecule has 1 aliphatic carbocycles. The summed E-state index contributed by atoms with van der Waals surface area (Å²) in [5.41, 5.74) is 6.85. The van der Waals surface area contributed by atoms with Gasteiger partial charge in [0, 0.05) is 10.9 Å². The van der Waals surface area contributed by atoms with Gasteiger partial charge in [0.2, 0.25) is 0 Å². The molecule has 1 aromatic heterocycles. The Hall–Kier alpha value is -1.10. The van der Waals surface area contributed by atoms with Crippen LogP contribution in [0.1, 0.15) is 37.1 Å². The molecule has 3 N–H and O–H groups in total. The van der Waals surface area contributed by atoms with Gasteiger partial charge in [-0.3, -0.25) is 5.41 Å². The van der Waals surface area contributed by atoms with Gasteiger partial charge in [-0.25, -0.2) is 9.97 Å². The lowest BCUT2D eigenvalue weighted by Gasteiger charge is -2.08. The summed E-state index contributed by atoms with van der Waals surface area (Å²) in [6.07, 6.45) is 5.11. The Bertz CT molecular complexity index is 399. The van der Waals surface area contributed by atoms with E-state index in [0.29, 0.717) is 10.9 Å². The zero-order valence-corrected chi connectivity index (χ0v) is 10.2. The fourth-order valence-corrected chi connectivity index (χ4v) is 3.10. The van der Waals surface area contributed by atoms with Crippen LogP contribution in [0.4, 0.5) is 0 Å². The predicted molar refractivity (Wildman–Crippen MR) is 65.9 cm³/mol. The van der Waals surface area contributed by atoms with Gasteiger partial charge >= 0.3 is 0 Å². The lowest BCUT2D eigenvalue weighted by Crippen LogP contribution is -2.14. The van der Waals surface area contributed by atoms with Crippen LogP contribution < -0.4 is 5.73 Å². The first kappa shape index (κ1) is 11.4. The Balaban J connectivity index is 2.16. The number of amidine groups is 1. The number of nitrogens with two attached hydrogens (primary N) is 1. The van der Waals surface area contributed by atoms with Crippen LogP contribution in [0.15, 0.2) is 11.2 Å². The van der Waals surface area contributed by atoms with Gasteiger partial charge in [0.05, 0.1) is 0 Å². The van der Waals surface area contributed by atoms with Crippen molar-refractivity contribution in [3.63, 3.8) is 0 Å². The lowest BCUT2D eigenvalue weighted by molar-refractivity contribution is 0.872. The first-order chi connectivity index (χ1) is 7.65. The second-order valence-corrected chi connectivity index (χ2v) is 5.38. The third-order valence-electron chi connectivity index (χ3n) is 2.68. The van der Waals surface area contributed by atoms with Crippen molar-refractivity contribution in [1.29, 1.82) is 5.41 Å². The number of hydrogen-bond acceptors (Lipinski definition) is 4. The van der Waals surface area contributed by atoms with E-state index in [1.807, 2.05) is 6.92 Å². The van der Waals surface area contributed by atoms with Crippen molar-refractivity contribution in [2.24, 2.45) is 5.73 Å². The van der Waals surface area contributed by atoms with Gasteiger partial charge in [-0.1, -0.05) is 24.6 Å². The van der Waals surface area contributed by atoms with Crippen LogP contribution in [0.3, 0.4) is 0 Å². The molecule has 1 fully saturated rings. The van der Waals surface area contributed by atoms with Crippen LogP contribution >= 0.6 is 11.8 Å². The third-order valence-corrected chi connectivity index (χ3v) is 3.88. The molecule has 0 saturated heterocycles. The number of aromatic nitrogens is 2. The van der Waals surface area contributed by atoms with Crippen LogP contribution in [-0.4, -0.2) is 21.1 Å². The van der Waals surface area contributed by atoms with Gasteiger partial charge in [-0.05, 0) is 25.8 Å². The summed E-state index contributed by atoms with van der Waals surface area (Å²) in [6, 6.07) is 1.75. The van der Waals surface area contributed by atoms with Crippen molar-refractivity contribution in [1.82, 2.24) is 9.97 Å². The summed E-state index contributed by atoms with van der Waals surface area (Å²) in [5, 5.41) is 8.79. The van der Waals surface area contributed by atoms with Crippen molar-refractivity contribution in [2.75, 3.05) is 0 Å². The van der Waals surface area contributed by atoms with E-state index in [4.69, 9.17) is 11.1 Å². The maximum Gasteiger partial charge on any atom is 0.188 e. The highest BCUT2D eigenvalue weighted by atomic mass is 32.2. The quantitative estimate of drug-likeness (QED) is 0.479. The van der Waals surface area contributed by atoms with Gasteiger partial charge in [0.15, 0.2) is 5.16 Å². The van der Waals surface area contributed by atoms with E-state index in [-0.39, 0.29) is 5.84 Å². The molecule has 5 heteroatoms.